The van der Waals surface area contributed by atoms with E-state index in [1.165, 1.54) is 6.42 Å². The second-order valence-corrected chi connectivity index (χ2v) is 5.24. The Bertz CT molecular complexity index is 230. The van der Waals surface area contributed by atoms with Gasteiger partial charge in [-0.25, -0.2) is 0 Å². The van der Waals surface area contributed by atoms with E-state index >= 15 is 0 Å². The molecule has 0 amide bonds. The van der Waals surface area contributed by atoms with Crippen molar-refractivity contribution in [2.24, 2.45) is 17.3 Å². The molecule has 1 atom stereocenters. The average molecular weight is 206 g/mol. The number of hydrogen-bond donors (Lipinski definition) is 0. The summed E-state index contributed by atoms with van der Waals surface area (Å²) in [7, 11) is 0. The first-order valence-corrected chi connectivity index (χ1v) is 5.89. The van der Waals surface area contributed by atoms with Crippen LogP contribution in [-0.4, -0.2) is 0 Å². The zero-order chi connectivity index (χ0) is 11.9. The van der Waals surface area contributed by atoms with Crippen molar-refractivity contribution in [3.05, 3.63) is 37.0 Å². The highest BCUT2D eigenvalue weighted by Crippen LogP contribution is 2.35. The number of rotatable bonds is 6. The van der Waals surface area contributed by atoms with Crippen molar-refractivity contribution in [3.63, 3.8) is 0 Å². The van der Waals surface area contributed by atoms with Crippen LogP contribution >= 0.6 is 0 Å². The van der Waals surface area contributed by atoms with Gasteiger partial charge in [0.1, 0.15) is 0 Å². The number of hydrogen-bond acceptors (Lipinski definition) is 0. The van der Waals surface area contributed by atoms with Crippen LogP contribution in [0.4, 0.5) is 0 Å². The van der Waals surface area contributed by atoms with Crippen LogP contribution in [0.1, 0.15) is 41.0 Å². The molecule has 0 aromatic heterocycles. The van der Waals surface area contributed by atoms with E-state index in [9.17, 15) is 0 Å². The summed E-state index contributed by atoms with van der Waals surface area (Å²) in [5, 5.41) is 0. The Kier molecular flexibility index (Phi) is 6.31. The summed E-state index contributed by atoms with van der Waals surface area (Å²) in [6.07, 6.45) is 11.5. The molecule has 0 rings (SSSR count). The molecule has 0 saturated carbocycles. The second-order valence-electron chi connectivity index (χ2n) is 5.24. The van der Waals surface area contributed by atoms with Crippen molar-refractivity contribution in [2.45, 2.75) is 41.0 Å². The fourth-order valence-electron chi connectivity index (χ4n) is 1.79. The molecule has 0 aromatic rings. The molecule has 0 N–H and O–H groups in total. The lowest BCUT2D eigenvalue weighted by Gasteiger charge is -2.32. The lowest BCUT2D eigenvalue weighted by Crippen LogP contribution is -2.22. The summed E-state index contributed by atoms with van der Waals surface area (Å²) in [6.45, 7) is 15.2. The monoisotopic (exact) mass is 206 g/mol. The van der Waals surface area contributed by atoms with Gasteiger partial charge in [-0.15, -0.1) is 0 Å². The lowest BCUT2D eigenvalue weighted by atomic mass is 9.73. The standard InChI is InChI=1S/C15H26/c1-7-8-9-10-11-15(6,14(4)5)12-13(2)3/h7-11,13-14H,1,12H2,2-6H3/b9-8-,11-10+. The van der Waals surface area contributed by atoms with E-state index in [4.69, 9.17) is 0 Å². The Morgan fingerprint density at radius 3 is 2.07 bits per heavy atom. The minimum absolute atomic E-state index is 0.305. The maximum absolute atomic E-state index is 3.66. The van der Waals surface area contributed by atoms with Crippen molar-refractivity contribution < 1.29 is 0 Å². The zero-order valence-electron chi connectivity index (χ0n) is 11.0. The van der Waals surface area contributed by atoms with Gasteiger partial charge in [0.25, 0.3) is 0 Å². The second kappa shape index (κ2) is 6.66. The van der Waals surface area contributed by atoms with Gasteiger partial charge < -0.3 is 0 Å². The van der Waals surface area contributed by atoms with E-state index in [0.29, 0.717) is 11.3 Å². The summed E-state index contributed by atoms with van der Waals surface area (Å²) in [6, 6.07) is 0. The maximum Gasteiger partial charge on any atom is -0.0118 e. The Morgan fingerprint density at radius 1 is 1.07 bits per heavy atom. The first-order chi connectivity index (χ1) is 6.92. The van der Waals surface area contributed by atoms with Gasteiger partial charge in [0.05, 0.1) is 0 Å². The van der Waals surface area contributed by atoms with Crippen LogP contribution in [0.2, 0.25) is 0 Å². The molecule has 0 aromatic carbocycles. The average Bonchev–Trinajstić information content (AvgIpc) is 2.11. The Labute approximate surface area is 95.8 Å². The molecule has 0 aliphatic heterocycles. The normalized spacial score (nSPS) is 16.7. The molecule has 0 fully saturated rings. The van der Waals surface area contributed by atoms with Gasteiger partial charge in [-0.1, -0.05) is 71.6 Å². The van der Waals surface area contributed by atoms with Gasteiger partial charge in [-0.2, -0.15) is 0 Å². The molecule has 15 heavy (non-hydrogen) atoms. The van der Waals surface area contributed by atoms with Crippen LogP contribution < -0.4 is 0 Å². The smallest absolute Gasteiger partial charge is 0.0118 e. The first-order valence-electron chi connectivity index (χ1n) is 5.89. The van der Waals surface area contributed by atoms with Crippen LogP contribution in [-0.2, 0) is 0 Å². The van der Waals surface area contributed by atoms with E-state index in [-0.39, 0.29) is 0 Å². The molecule has 0 aliphatic rings. The molecule has 0 saturated heterocycles. The van der Waals surface area contributed by atoms with Crippen LogP contribution in [0.3, 0.4) is 0 Å². The number of allylic oxidation sites excluding steroid dienone is 5. The van der Waals surface area contributed by atoms with Gasteiger partial charge in [-0.05, 0) is 23.7 Å². The predicted molar refractivity (Wildman–Crippen MR) is 70.9 cm³/mol. The molecule has 0 nitrogen and oxygen atoms in total. The van der Waals surface area contributed by atoms with E-state index in [1.807, 2.05) is 12.2 Å². The maximum atomic E-state index is 3.66. The largest absolute Gasteiger partial charge is 0.0991 e. The van der Waals surface area contributed by atoms with E-state index in [2.05, 4.69) is 53.3 Å². The Hall–Kier alpha value is -0.780. The fraction of sp³-hybridized carbons (Fsp3) is 0.600. The van der Waals surface area contributed by atoms with Gasteiger partial charge in [-0.3, -0.25) is 0 Å². The molecule has 1 unspecified atom stereocenters. The first kappa shape index (κ1) is 14.2. The third kappa shape index (κ3) is 5.61. The van der Waals surface area contributed by atoms with Crippen molar-refractivity contribution in [3.8, 4) is 0 Å². The van der Waals surface area contributed by atoms with Crippen molar-refractivity contribution in [2.75, 3.05) is 0 Å². The zero-order valence-corrected chi connectivity index (χ0v) is 11.0. The molecule has 0 radical (unpaired) electrons. The summed E-state index contributed by atoms with van der Waals surface area (Å²) in [4.78, 5) is 0. The molecular formula is C15H26. The van der Waals surface area contributed by atoms with E-state index in [0.717, 1.165) is 5.92 Å². The highest BCUT2D eigenvalue weighted by Gasteiger charge is 2.25. The predicted octanol–water partition coefficient (Wildman–Crippen LogP) is 4.99. The van der Waals surface area contributed by atoms with Crippen molar-refractivity contribution in [1.82, 2.24) is 0 Å². The van der Waals surface area contributed by atoms with Crippen LogP contribution in [0.5, 0.6) is 0 Å². The third-order valence-corrected chi connectivity index (χ3v) is 3.00. The van der Waals surface area contributed by atoms with Gasteiger partial charge in [0.15, 0.2) is 0 Å². The minimum atomic E-state index is 0.305. The quantitative estimate of drug-likeness (QED) is 0.537. The van der Waals surface area contributed by atoms with Crippen molar-refractivity contribution in [1.29, 1.82) is 0 Å². The summed E-state index contributed by atoms with van der Waals surface area (Å²) < 4.78 is 0. The summed E-state index contributed by atoms with van der Waals surface area (Å²) >= 11 is 0. The fourth-order valence-corrected chi connectivity index (χ4v) is 1.79. The lowest BCUT2D eigenvalue weighted by molar-refractivity contribution is 0.241. The topological polar surface area (TPSA) is 0 Å². The van der Waals surface area contributed by atoms with Gasteiger partial charge >= 0.3 is 0 Å². The Balaban J connectivity index is 4.57. The molecule has 0 spiro atoms. The van der Waals surface area contributed by atoms with Crippen molar-refractivity contribution >= 4 is 0 Å². The molecule has 86 valence electrons. The SMILES string of the molecule is C=C/C=C\C=C\C(C)(CC(C)C)C(C)C. The van der Waals surface area contributed by atoms with Gasteiger partial charge in [0.2, 0.25) is 0 Å². The summed E-state index contributed by atoms with van der Waals surface area (Å²) in [5.74, 6) is 1.42. The van der Waals surface area contributed by atoms with E-state index < -0.39 is 0 Å². The molecule has 0 heteroatoms. The molecular weight excluding hydrogens is 180 g/mol. The Morgan fingerprint density at radius 2 is 1.67 bits per heavy atom. The highest BCUT2D eigenvalue weighted by molar-refractivity contribution is 5.12. The van der Waals surface area contributed by atoms with Crippen LogP contribution in [0.25, 0.3) is 0 Å². The highest BCUT2D eigenvalue weighted by atomic mass is 14.3. The molecule has 0 bridgehead atoms. The third-order valence-electron chi connectivity index (χ3n) is 3.00. The minimum Gasteiger partial charge on any atom is -0.0991 e. The molecule has 0 heterocycles. The van der Waals surface area contributed by atoms with Crippen LogP contribution in [0.15, 0.2) is 37.0 Å². The molecule has 0 aliphatic carbocycles. The summed E-state index contributed by atoms with van der Waals surface area (Å²) in [5.41, 5.74) is 0.305. The van der Waals surface area contributed by atoms with Crippen LogP contribution in [0, 0.1) is 17.3 Å². The van der Waals surface area contributed by atoms with E-state index in [1.54, 1.807) is 6.08 Å². The van der Waals surface area contributed by atoms with Gasteiger partial charge in [0, 0.05) is 0 Å².